The van der Waals surface area contributed by atoms with Gasteiger partial charge in [-0.2, -0.15) is 0 Å². The molecule has 0 atom stereocenters. The summed E-state index contributed by atoms with van der Waals surface area (Å²) < 4.78 is 27.6. The second-order valence-electron chi connectivity index (χ2n) is 6.44. The molecule has 0 saturated carbocycles. The molecule has 0 aliphatic carbocycles. The number of hydrogen-bond acceptors (Lipinski definition) is 4. The van der Waals surface area contributed by atoms with Gasteiger partial charge in [0.25, 0.3) is 5.56 Å². The van der Waals surface area contributed by atoms with Crippen molar-refractivity contribution in [2.24, 2.45) is 7.05 Å². The van der Waals surface area contributed by atoms with Gasteiger partial charge in [0.2, 0.25) is 5.91 Å². The number of anilines is 1. The third-order valence-corrected chi connectivity index (χ3v) is 5.47. The maximum Gasteiger partial charge on any atom is 0.261 e. The first-order valence-corrected chi connectivity index (χ1v) is 9.68. The van der Waals surface area contributed by atoms with Crippen molar-refractivity contribution in [2.75, 3.05) is 11.1 Å². The lowest BCUT2D eigenvalue weighted by Gasteiger charge is -2.10. The van der Waals surface area contributed by atoms with Gasteiger partial charge in [0.1, 0.15) is 0 Å². The summed E-state index contributed by atoms with van der Waals surface area (Å²) in [4.78, 5) is 29.4. The molecule has 29 heavy (non-hydrogen) atoms. The molecule has 0 saturated heterocycles. The molecular formula is C21H15F2N3O2S. The van der Waals surface area contributed by atoms with E-state index in [0.29, 0.717) is 16.1 Å². The van der Waals surface area contributed by atoms with Crippen LogP contribution in [0.5, 0.6) is 0 Å². The number of amides is 1. The summed E-state index contributed by atoms with van der Waals surface area (Å²) in [5.41, 5.74) is 0.501. The van der Waals surface area contributed by atoms with Gasteiger partial charge in [0, 0.05) is 18.8 Å². The Balaban J connectivity index is 1.57. The van der Waals surface area contributed by atoms with Crippen molar-refractivity contribution in [1.29, 1.82) is 0 Å². The summed E-state index contributed by atoms with van der Waals surface area (Å²) in [7, 11) is 1.60. The second-order valence-corrected chi connectivity index (χ2v) is 7.38. The largest absolute Gasteiger partial charge is 0.325 e. The molecule has 0 unspecified atom stereocenters. The SMILES string of the molecule is Cn1c(SCC(=O)Nc2ccc(F)c(F)c2)nc2cc3ccccc3cc2c1=O. The highest BCUT2D eigenvalue weighted by molar-refractivity contribution is 7.99. The van der Waals surface area contributed by atoms with Gasteiger partial charge >= 0.3 is 0 Å². The first-order chi connectivity index (χ1) is 13.9. The van der Waals surface area contributed by atoms with Gasteiger partial charge in [-0.1, -0.05) is 36.0 Å². The number of halogens is 2. The van der Waals surface area contributed by atoms with E-state index >= 15 is 0 Å². The molecule has 1 N–H and O–H groups in total. The minimum Gasteiger partial charge on any atom is -0.325 e. The van der Waals surface area contributed by atoms with Crippen LogP contribution in [0.1, 0.15) is 0 Å². The molecule has 0 aliphatic rings. The lowest BCUT2D eigenvalue weighted by Crippen LogP contribution is -2.21. The Morgan fingerprint density at radius 3 is 2.52 bits per heavy atom. The van der Waals surface area contributed by atoms with E-state index in [4.69, 9.17) is 0 Å². The number of carbonyl (C=O) groups excluding carboxylic acids is 1. The number of carbonyl (C=O) groups is 1. The van der Waals surface area contributed by atoms with E-state index in [-0.39, 0.29) is 17.0 Å². The summed E-state index contributed by atoms with van der Waals surface area (Å²) in [6, 6.07) is 14.5. The van der Waals surface area contributed by atoms with Crippen LogP contribution in [0.4, 0.5) is 14.5 Å². The van der Waals surface area contributed by atoms with E-state index in [9.17, 15) is 18.4 Å². The second kappa shape index (κ2) is 7.63. The molecule has 0 aliphatic heterocycles. The summed E-state index contributed by atoms with van der Waals surface area (Å²) in [6.45, 7) is 0. The van der Waals surface area contributed by atoms with Crippen LogP contribution in [0.15, 0.2) is 64.5 Å². The van der Waals surface area contributed by atoms with Crippen LogP contribution in [0.2, 0.25) is 0 Å². The van der Waals surface area contributed by atoms with Gasteiger partial charge in [-0.25, -0.2) is 13.8 Å². The minimum absolute atomic E-state index is 0.0433. The molecule has 4 aromatic rings. The van der Waals surface area contributed by atoms with Crippen LogP contribution >= 0.6 is 11.8 Å². The summed E-state index contributed by atoms with van der Waals surface area (Å²) in [5, 5.41) is 5.30. The van der Waals surface area contributed by atoms with Gasteiger partial charge < -0.3 is 5.32 Å². The van der Waals surface area contributed by atoms with Crippen molar-refractivity contribution in [1.82, 2.24) is 9.55 Å². The molecule has 0 radical (unpaired) electrons. The fourth-order valence-corrected chi connectivity index (χ4v) is 3.74. The zero-order valence-electron chi connectivity index (χ0n) is 15.3. The van der Waals surface area contributed by atoms with Crippen molar-refractivity contribution in [3.05, 3.63) is 76.6 Å². The first kappa shape index (κ1) is 19.1. The number of hydrogen-bond donors (Lipinski definition) is 1. The third-order valence-electron chi connectivity index (χ3n) is 4.44. The van der Waals surface area contributed by atoms with Crippen LogP contribution < -0.4 is 10.9 Å². The van der Waals surface area contributed by atoms with Gasteiger partial charge in [0.15, 0.2) is 16.8 Å². The predicted molar refractivity (Wildman–Crippen MR) is 110 cm³/mol. The van der Waals surface area contributed by atoms with Crippen LogP contribution in [-0.2, 0) is 11.8 Å². The third kappa shape index (κ3) is 3.84. The Hall–Kier alpha value is -3.26. The van der Waals surface area contributed by atoms with E-state index < -0.39 is 17.5 Å². The zero-order chi connectivity index (χ0) is 20.5. The Bertz CT molecular complexity index is 1320. The number of fused-ring (bicyclic) bond motifs is 2. The molecule has 8 heteroatoms. The van der Waals surface area contributed by atoms with E-state index in [0.717, 1.165) is 34.7 Å². The average molecular weight is 411 g/mol. The molecule has 146 valence electrons. The normalized spacial score (nSPS) is 11.1. The Morgan fingerprint density at radius 1 is 1.07 bits per heavy atom. The van der Waals surface area contributed by atoms with Crippen LogP contribution in [0.3, 0.4) is 0 Å². The Kier molecular flexibility index (Phi) is 5.02. The topological polar surface area (TPSA) is 64.0 Å². The molecule has 1 amide bonds. The van der Waals surface area contributed by atoms with Crippen LogP contribution in [0.25, 0.3) is 21.7 Å². The fourth-order valence-electron chi connectivity index (χ4n) is 2.97. The van der Waals surface area contributed by atoms with Crippen LogP contribution in [-0.4, -0.2) is 21.2 Å². The van der Waals surface area contributed by atoms with E-state index in [1.807, 2.05) is 36.4 Å². The van der Waals surface area contributed by atoms with E-state index in [1.54, 1.807) is 7.05 Å². The smallest absolute Gasteiger partial charge is 0.261 e. The van der Waals surface area contributed by atoms with Crippen molar-refractivity contribution in [2.45, 2.75) is 5.16 Å². The zero-order valence-corrected chi connectivity index (χ0v) is 16.1. The molecule has 1 heterocycles. The van der Waals surface area contributed by atoms with E-state index in [2.05, 4.69) is 10.3 Å². The lowest BCUT2D eigenvalue weighted by molar-refractivity contribution is -0.113. The molecule has 0 spiro atoms. The number of aromatic nitrogens is 2. The van der Waals surface area contributed by atoms with Crippen molar-refractivity contribution in [3.63, 3.8) is 0 Å². The van der Waals surface area contributed by atoms with Crippen molar-refractivity contribution in [3.8, 4) is 0 Å². The Morgan fingerprint density at radius 2 is 1.79 bits per heavy atom. The summed E-state index contributed by atoms with van der Waals surface area (Å²) in [6.07, 6.45) is 0. The molecule has 0 bridgehead atoms. The van der Waals surface area contributed by atoms with Crippen molar-refractivity contribution >= 4 is 45.0 Å². The van der Waals surface area contributed by atoms with Crippen LogP contribution in [0, 0.1) is 11.6 Å². The molecule has 0 fully saturated rings. The highest BCUT2D eigenvalue weighted by Gasteiger charge is 2.13. The fraction of sp³-hybridized carbons (Fsp3) is 0.0952. The monoisotopic (exact) mass is 411 g/mol. The number of rotatable bonds is 4. The molecule has 4 rings (SSSR count). The standard InChI is InChI=1S/C21H15F2N3O2S/c1-26-20(28)15-8-12-4-2-3-5-13(12)9-18(15)25-21(26)29-11-19(27)24-14-6-7-16(22)17(23)10-14/h2-10H,11H2,1H3,(H,24,27). The number of thioether (sulfide) groups is 1. The maximum absolute atomic E-state index is 13.3. The quantitative estimate of drug-likeness (QED) is 0.312. The molecule has 1 aromatic heterocycles. The average Bonchev–Trinajstić information content (AvgIpc) is 2.71. The number of nitrogens with one attached hydrogen (secondary N) is 1. The highest BCUT2D eigenvalue weighted by atomic mass is 32.2. The molecule has 5 nitrogen and oxygen atoms in total. The molecule has 3 aromatic carbocycles. The first-order valence-electron chi connectivity index (χ1n) is 8.69. The Labute approximate surface area is 168 Å². The summed E-state index contributed by atoms with van der Waals surface area (Å²) >= 11 is 1.09. The number of nitrogens with zero attached hydrogens (tertiary/aromatic N) is 2. The van der Waals surface area contributed by atoms with Crippen molar-refractivity contribution < 1.29 is 13.6 Å². The van der Waals surface area contributed by atoms with Gasteiger partial charge in [-0.15, -0.1) is 0 Å². The highest BCUT2D eigenvalue weighted by Crippen LogP contribution is 2.22. The predicted octanol–water partition coefficient (Wildman–Crippen LogP) is 4.10. The summed E-state index contributed by atoms with van der Waals surface area (Å²) in [5.74, 6) is -2.49. The van der Waals surface area contributed by atoms with E-state index in [1.165, 1.54) is 10.6 Å². The lowest BCUT2D eigenvalue weighted by atomic mass is 10.1. The minimum atomic E-state index is -1.04. The maximum atomic E-state index is 13.3. The molecular weight excluding hydrogens is 396 g/mol. The van der Waals surface area contributed by atoms with Gasteiger partial charge in [-0.05, 0) is 35.0 Å². The van der Waals surface area contributed by atoms with Gasteiger partial charge in [0.05, 0.1) is 16.7 Å². The van der Waals surface area contributed by atoms with Gasteiger partial charge in [-0.3, -0.25) is 14.2 Å². The number of benzene rings is 3.